The van der Waals surface area contributed by atoms with Gasteiger partial charge in [0, 0.05) is 36.6 Å². The molecule has 1 aliphatic carbocycles. The number of likely N-dealkylation sites (N-methyl/N-ethyl adjacent to an activating group) is 1. The summed E-state index contributed by atoms with van der Waals surface area (Å²) in [5.41, 5.74) is 4.59. The summed E-state index contributed by atoms with van der Waals surface area (Å²) in [7, 11) is 2.07. The van der Waals surface area contributed by atoms with Gasteiger partial charge in [0.25, 0.3) is 5.91 Å². The smallest absolute Gasteiger partial charge is 0.317 e. The average Bonchev–Trinajstić information content (AvgIpc) is 3.33. The normalized spacial score (nSPS) is 18.4. The monoisotopic (exact) mass is 453 g/mol. The molecule has 1 aliphatic heterocycles. The molecule has 0 bridgehead atoms. The zero-order valence-corrected chi connectivity index (χ0v) is 18.1. The molecule has 4 rings (SSSR count). The first-order valence-corrected chi connectivity index (χ1v) is 10.8. The Morgan fingerprint density at radius 2 is 1.87 bits per heavy atom. The molecule has 0 unspecified atom stereocenters. The number of halogens is 2. The molecule has 2 fully saturated rings. The van der Waals surface area contributed by atoms with E-state index in [0.717, 1.165) is 49.7 Å². The fourth-order valence-corrected chi connectivity index (χ4v) is 4.15. The number of piperazine rings is 1. The Morgan fingerprint density at radius 1 is 1.16 bits per heavy atom. The molecule has 0 aromatic carbocycles. The first-order chi connectivity index (χ1) is 14.8. The van der Waals surface area contributed by atoms with E-state index in [-0.39, 0.29) is 11.1 Å². The highest BCUT2D eigenvalue weighted by Gasteiger charge is 2.37. The number of carbonyl (C=O) groups is 2. The minimum Gasteiger partial charge on any atom is -0.354 e. The molecule has 9 nitrogen and oxygen atoms in total. The number of anilines is 1. The van der Waals surface area contributed by atoms with Gasteiger partial charge in [0.2, 0.25) is 0 Å². The van der Waals surface area contributed by atoms with Gasteiger partial charge < -0.3 is 9.80 Å². The van der Waals surface area contributed by atoms with Crippen molar-refractivity contribution in [2.75, 3.05) is 38.1 Å². The molecule has 2 aliphatic rings. The van der Waals surface area contributed by atoms with E-state index in [1.165, 1.54) is 18.1 Å². The molecular formula is C19H25F2N7O2S. The number of nitrogens with zero attached hydrogens (tertiary/aromatic N) is 4. The predicted molar refractivity (Wildman–Crippen MR) is 113 cm³/mol. The Morgan fingerprint density at radius 3 is 2.52 bits per heavy atom. The second-order valence-corrected chi connectivity index (χ2v) is 9.08. The summed E-state index contributed by atoms with van der Waals surface area (Å²) < 4.78 is 29.9. The minimum atomic E-state index is -3.22. The van der Waals surface area contributed by atoms with Crippen LogP contribution in [-0.4, -0.2) is 71.5 Å². The van der Waals surface area contributed by atoms with E-state index in [0.29, 0.717) is 5.52 Å². The van der Waals surface area contributed by atoms with Gasteiger partial charge in [-0.25, -0.2) is 4.52 Å². The Bertz CT molecular complexity index is 987. The van der Waals surface area contributed by atoms with Crippen LogP contribution < -0.4 is 20.5 Å². The van der Waals surface area contributed by atoms with Crippen LogP contribution in [0, 0.1) is 0 Å². The molecule has 0 radical (unpaired) electrons. The maximum absolute atomic E-state index is 12.5. The summed E-state index contributed by atoms with van der Waals surface area (Å²) >= 11 is 1.50. The Hall–Kier alpha value is -2.44. The molecular weight excluding hydrogens is 428 g/mol. The van der Waals surface area contributed by atoms with Crippen molar-refractivity contribution >= 4 is 35.1 Å². The number of aromatic nitrogens is 2. The molecule has 168 valence electrons. The summed E-state index contributed by atoms with van der Waals surface area (Å²) in [4.78, 5) is 29.0. The first-order valence-electron chi connectivity index (χ1n) is 10.0. The molecule has 2 amide bonds. The molecule has 31 heavy (non-hydrogen) atoms. The molecule has 12 heteroatoms. The highest BCUT2D eigenvalue weighted by molar-refractivity contribution is 7.97. The maximum atomic E-state index is 12.5. The number of hydrazine groups is 1. The molecule has 1 saturated carbocycles. The van der Waals surface area contributed by atoms with Crippen molar-refractivity contribution in [2.24, 2.45) is 0 Å². The third-order valence-electron chi connectivity index (χ3n) is 5.56. The number of alkyl halides is 2. The summed E-state index contributed by atoms with van der Waals surface area (Å²) in [5, 5.41) is 4.37. The van der Waals surface area contributed by atoms with E-state index in [9.17, 15) is 18.4 Å². The predicted octanol–water partition coefficient (Wildman–Crippen LogP) is 1.26. The fraction of sp³-hybridized carbons (Fsp3) is 0.526. The quantitative estimate of drug-likeness (QED) is 0.448. The number of hydrogen-bond donors (Lipinski definition) is 3. The summed E-state index contributed by atoms with van der Waals surface area (Å²) in [6.07, 6.45) is 0.379. The average molecular weight is 454 g/mol. The van der Waals surface area contributed by atoms with E-state index in [1.54, 1.807) is 9.94 Å². The zero-order valence-electron chi connectivity index (χ0n) is 17.3. The number of rotatable bonds is 6. The van der Waals surface area contributed by atoms with Gasteiger partial charge in [0.15, 0.2) is 0 Å². The zero-order chi connectivity index (χ0) is 22.2. The lowest BCUT2D eigenvalue weighted by molar-refractivity contribution is -0.132. The van der Waals surface area contributed by atoms with Gasteiger partial charge >= 0.3 is 12.3 Å². The maximum Gasteiger partial charge on any atom is 0.317 e. The van der Waals surface area contributed by atoms with Crippen molar-refractivity contribution < 1.29 is 18.4 Å². The topological polar surface area (TPSA) is 94.0 Å². The van der Waals surface area contributed by atoms with Gasteiger partial charge in [-0.1, -0.05) is 0 Å². The first kappa shape index (κ1) is 21.8. The Labute approximate surface area is 182 Å². The van der Waals surface area contributed by atoms with E-state index in [1.807, 2.05) is 17.6 Å². The molecule has 1 saturated heterocycles. The number of fused-ring (bicyclic) bond motifs is 1. The summed E-state index contributed by atoms with van der Waals surface area (Å²) in [6, 6.07) is 3.87. The number of amides is 2. The van der Waals surface area contributed by atoms with Crippen LogP contribution >= 0.6 is 11.9 Å². The minimum absolute atomic E-state index is 0.116. The van der Waals surface area contributed by atoms with Crippen LogP contribution in [0.2, 0.25) is 0 Å². The second kappa shape index (κ2) is 8.60. The molecule has 2 aromatic heterocycles. The van der Waals surface area contributed by atoms with E-state index < -0.39 is 18.2 Å². The molecule has 2 aromatic rings. The van der Waals surface area contributed by atoms with Crippen molar-refractivity contribution in [3.63, 3.8) is 0 Å². The molecule has 0 atom stereocenters. The largest absolute Gasteiger partial charge is 0.354 e. The van der Waals surface area contributed by atoms with Crippen LogP contribution in [0.1, 0.15) is 30.1 Å². The lowest BCUT2D eigenvalue weighted by Gasteiger charge is -2.34. The van der Waals surface area contributed by atoms with Gasteiger partial charge in [-0.2, -0.15) is 13.9 Å². The lowest BCUT2D eigenvalue weighted by atomic mass is 10.2. The van der Waals surface area contributed by atoms with E-state index in [2.05, 4.69) is 33.6 Å². The standard InChI is InChI=1S/C19H25F2N7O2S/c1-19(3-4-19)25-31-12-9-14-13(17(29)23-24-18(30)16(20)21)11-22-28(14)15(10-12)27-7-5-26(2)6-8-27/h9-11,16,25H,3-8H2,1-2H3,(H,23,29)(H,24,30). The molecule has 3 heterocycles. The van der Waals surface area contributed by atoms with Crippen molar-refractivity contribution in [3.8, 4) is 0 Å². The van der Waals surface area contributed by atoms with Crippen molar-refractivity contribution in [1.82, 2.24) is 30.1 Å². The van der Waals surface area contributed by atoms with Crippen molar-refractivity contribution in [2.45, 2.75) is 36.6 Å². The highest BCUT2D eigenvalue weighted by Crippen LogP contribution is 2.38. The van der Waals surface area contributed by atoms with Gasteiger partial charge in [-0.3, -0.25) is 25.2 Å². The molecule has 0 spiro atoms. The van der Waals surface area contributed by atoms with Crippen LogP contribution in [0.4, 0.5) is 14.6 Å². The lowest BCUT2D eigenvalue weighted by Crippen LogP contribution is -2.45. The van der Waals surface area contributed by atoms with Crippen molar-refractivity contribution in [1.29, 1.82) is 0 Å². The number of hydrogen-bond acceptors (Lipinski definition) is 7. The van der Waals surface area contributed by atoms with Crippen LogP contribution in [0.3, 0.4) is 0 Å². The third kappa shape index (κ3) is 4.91. The number of pyridine rings is 1. The van der Waals surface area contributed by atoms with Crippen LogP contribution in [0.15, 0.2) is 23.2 Å². The van der Waals surface area contributed by atoms with E-state index in [4.69, 9.17) is 0 Å². The number of carbonyl (C=O) groups excluding carboxylic acids is 2. The van der Waals surface area contributed by atoms with Crippen LogP contribution in [0.5, 0.6) is 0 Å². The highest BCUT2D eigenvalue weighted by atomic mass is 32.2. The number of nitrogens with one attached hydrogen (secondary N) is 3. The fourth-order valence-electron chi connectivity index (χ4n) is 3.25. The Balaban J connectivity index is 1.63. The van der Waals surface area contributed by atoms with Gasteiger partial charge in [0.1, 0.15) is 5.82 Å². The summed E-state index contributed by atoms with van der Waals surface area (Å²) in [5.74, 6) is -1.43. The van der Waals surface area contributed by atoms with E-state index >= 15 is 0 Å². The Kier molecular flexibility index (Phi) is 6.04. The van der Waals surface area contributed by atoms with Gasteiger partial charge in [0.05, 0.1) is 17.3 Å². The van der Waals surface area contributed by atoms with Gasteiger partial charge in [-0.15, -0.1) is 0 Å². The third-order valence-corrected chi connectivity index (χ3v) is 6.62. The van der Waals surface area contributed by atoms with Crippen LogP contribution in [0.25, 0.3) is 5.52 Å². The van der Waals surface area contributed by atoms with Gasteiger partial charge in [-0.05, 0) is 50.9 Å². The van der Waals surface area contributed by atoms with Crippen molar-refractivity contribution in [3.05, 3.63) is 23.9 Å². The van der Waals surface area contributed by atoms with Crippen LogP contribution in [-0.2, 0) is 4.79 Å². The second-order valence-electron chi connectivity index (χ2n) is 8.20. The SMILES string of the molecule is CN1CCN(c2cc(SNC3(C)CC3)cc3c(C(=O)NNC(=O)C(F)F)cnn23)CC1. The molecule has 3 N–H and O–H groups in total. The summed E-state index contributed by atoms with van der Waals surface area (Å²) in [6.45, 7) is 5.60.